The molecule has 22 heavy (non-hydrogen) atoms. The van der Waals surface area contributed by atoms with Crippen molar-refractivity contribution in [3.8, 4) is 24.2 Å². The molecule has 0 bridgehead atoms. The third kappa shape index (κ3) is 4.06. The average Bonchev–Trinajstić information content (AvgIpc) is 2.53. The van der Waals surface area contributed by atoms with Crippen molar-refractivity contribution >= 4 is 34.9 Å². The molecule has 0 radical (unpaired) electrons. The van der Waals surface area contributed by atoms with Crippen molar-refractivity contribution in [3.63, 3.8) is 0 Å². The summed E-state index contributed by atoms with van der Waals surface area (Å²) in [5.41, 5.74) is 1.92. The lowest BCUT2D eigenvalue weighted by Crippen LogP contribution is -1.95. The van der Waals surface area contributed by atoms with Crippen molar-refractivity contribution in [2.75, 3.05) is 6.61 Å². The van der Waals surface area contributed by atoms with Crippen LogP contribution in [0, 0.1) is 23.7 Å². The predicted octanol–water partition coefficient (Wildman–Crippen LogP) is 5.07. The third-order valence-electron chi connectivity index (χ3n) is 2.86. The summed E-state index contributed by atoms with van der Waals surface area (Å²) in [6.45, 7) is 0.144. The van der Waals surface area contributed by atoms with Crippen LogP contribution in [0.25, 0.3) is 11.6 Å². The van der Waals surface area contributed by atoms with Gasteiger partial charge in [0.05, 0.1) is 11.6 Å². The number of nitriles is 1. The van der Waals surface area contributed by atoms with E-state index in [1.165, 1.54) is 0 Å². The van der Waals surface area contributed by atoms with Crippen LogP contribution in [0.15, 0.2) is 42.5 Å². The molecule has 0 amide bonds. The molecule has 0 N–H and O–H groups in total. The molecule has 0 spiro atoms. The Labute approximate surface area is 139 Å². The zero-order valence-electron chi connectivity index (χ0n) is 11.5. The number of rotatable bonds is 4. The Hall–Kier alpha value is -2.39. The number of ether oxygens (including phenoxy) is 1. The van der Waals surface area contributed by atoms with E-state index in [2.05, 4.69) is 12.0 Å². The summed E-state index contributed by atoms with van der Waals surface area (Å²) in [5.74, 6) is 2.98. The van der Waals surface area contributed by atoms with Crippen LogP contribution < -0.4 is 4.74 Å². The molecule has 0 aliphatic rings. The van der Waals surface area contributed by atoms with Crippen LogP contribution in [-0.4, -0.2) is 6.61 Å². The number of hydrogen-bond donors (Lipinski definition) is 0. The van der Waals surface area contributed by atoms with E-state index < -0.39 is 0 Å². The highest BCUT2D eigenvalue weighted by molar-refractivity contribution is 6.31. The Balaban J connectivity index is 2.45. The summed E-state index contributed by atoms with van der Waals surface area (Å²) < 4.78 is 5.47. The SMILES string of the molecule is C#CCOc1ccc(Cl)cc1/C=C(\C#N)c1ccc(Cl)cc1. The molecule has 0 aromatic heterocycles. The summed E-state index contributed by atoms with van der Waals surface area (Å²) in [5, 5.41) is 10.6. The Morgan fingerprint density at radius 2 is 1.82 bits per heavy atom. The first-order valence-electron chi connectivity index (χ1n) is 6.37. The van der Waals surface area contributed by atoms with Gasteiger partial charge >= 0.3 is 0 Å². The van der Waals surface area contributed by atoms with Gasteiger partial charge in [0.25, 0.3) is 0 Å². The fraction of sp³-hybridized carbons (Fsp3) is 0.0556. The summed E-state index contributed by atoms with van der Waals surface area (Å²) in [6, 6.07) is 14.4. The Morgan fingerprint density at radius 1 is 1.14 bits per heavy atom. The second-order valence-electron chi connectivity index (χ2n) is 4.35. The number of hydrogen-bond acceptors (Lipinski definition) is 2. The van der Waals surface area contributed by atoms with Crippen LogP contribution in [0.5, 0.6) is 5.75 Å². The lowest BCUT2D eigenvalue weighted by atomic mass is 10.0. The number of halogens is 2. The van der Waals surface area contributed by atoms with Crippen molar-refractivity contribution in [1.82, 2.24) is 0 Å². The highest BCUT2D eigenvalue weighted by atomic mass is 35.5. The highest BCUT2D eigenvalue weighted by Gasteiger charge is 2.06. The van der Waals surface area contributed by atoms with Crippen LogP contribution in [0.1, 0.15) is 11.1 Å². The van der Waals surface area contributed by atoms with Gasteiger partial charge < -0.3 is 4.74 Å². The predicted molar refractivity (Wildman–Crippen MR) is 90.7 cm³/mol. The van der Waals surface area contributed by atoms with Gasteiger partial charge in [-0.25, -0.2) is 0 Å². The van der Waals surface area contributed by atoms with Crippen molar-refractivity contribution in [2.45, 2.75) is 0 Å². The van der Waals surface area contributed by atoms with Crippen molar-refractivity contribution < 1.29 is 4.74 Å². The van der Waals surface area contributed by atoms with Crippen LogP contribution in [0.2, 0.25) is 10.0 Å². The molecule has 108 valence electrons. The molecule has 2 aromatic rings. The third-order valence-corrected chi connectivity index (χ3v) is 3.35. The Morgan fingerprint density at radius 3 is 2.45 bits per heavy atom. The van der Waals surface area contributed by atoms with Crippen molar-refractivity contribution in [2.24, 2.45) is 0 Å². The lowest BCUT2D eigenvalue weighted by Gasteiger charge is -2.08. The van der Waals surface area contributed by atoms with Crippen molar-refractivity contribution in [1.29, 1.82) is 5.26 Å². The zero-order valence-corrected chi connectivity index (χ0v) is 13.0. The number of benzene rings is 2. The summed E-state index contributed by atoms with van der Waals surface area (Å²) >= 11 is 11.9. The normalized spacial score (nSPS) is 10.6. The fourth-order valence-electron chi connectivity index (χ4n) is 1.85. The summed E-state index contributed by atoms with van der Waals surface area (Å²) in [7, 11) is 0. The number of nitrogens with zero attached hydrogens (tertiary/aromatic N) is 1. The van der Waals surface area contributed by atoms with E-state index in [4.69, 9.17) is 34.4 Å². The van der Waals surface area contributed by atoms with Gasteiger partial charge in [-0.15, -0.1) is 6.42 Å². The first-order chi connectivity index (χ1) is 10.6. The number of allylic oxidation sites excluding steroid dienone is 1. The van der Waals surface area contributed by atoms with E-state index in [-0.39, 0.29) is 6.61 Å². The van der Waals surface area contributed by atoms with Crippen LogP contribution in [-0.2, 0) is 0 Å². The minimum atomic E-state index is 0.144. The second-order valence-corrected chi connectivity index (χ2v) is 5.22. The van der Waals surface area contributed by atoms with E-state index in [0.29, 0.717) is 26.9 Å². The van der Waals surface area contributed by atoms with Gasteiger partial charge in [0, 0.05) is 15.6 Å². The van der Waals surface area contributed by atoms with Crippen LogP contribution >= 0.6 is 23.2 Å². The molecule has 0 unspecified atom stereocenters. The van der Waals surface area contributed by atoms with E-state index in [0.717, 1.165) is 5.56 Å². The van der Waals surface area contributed by atoms with Gasteiger partial charge in [-0.3, -0.25) is 0 Å². The van der Waals surface area contributed by atoms with Crippen LogP contribution in [0.4, 0.5) is 0 Å². The summed E-state index contributed by atoms with van der Waals surface area (Å²) in [6.07, 6.45) is 6.92. The zero-order chi connectivity index (χ0) is 15.9. The van der Waals surface area contributed by atoms with E-state index in [9.17, 15) is 5.26 Å². The first-order valence-corrected chi connectivity index (χ1v) is 7.13. The maximum absolute atomic E-state index is 9.39. The molecular formula is C18H11Cl2NO. The molecule has 4 heteroatoms. The molecule has 0 atom stereocenters. The topological polar surface area (TPSA) is 33.0 Å². The smallest absolute Gasteiger partial charge is 0.148 e. The lowest BCUT2D eigenvalue weighted by molar-refractivity contribution is 0.369. The maximum Gasteiger partial charge on any atom is 0.148 e. The van der Waals surface area contributed by atoms with Gasteiger partial charge in [-0.05, 0) is 42.0 Å². The molecule has 0 saturated heterocycles. The Bertz CT molecular complexity index is 780. The highest BCUT2D eigenvalue weighted by Crippen LogP contribution is 2.28. The second kappa shape index (κ2) is 7.57. The fourth-order valence-corrected chi connectivity index (χ4v) is 2.15. The largest absolute Gasteiger partial charge is 0.480 e. The standard InChI is InChI=1S/C18H11Cl2NO/c1-2-9-22-18-8-7-17(20)11-14(18)10-15(12-21)13-3-5-16(19)6-4-13/h1,3-8,10-11H,9H2/b15-10+. The molecule has 2 rings (SSSR count). The van der Waals surface area contributed by atoms with Crippen LogP contribution in [0.3, 0.4) is 0 Å². The monoisotopic (exact) mass is 327 g/mol. The van der Waals surface area contributed by atoms with E-state index in [1.54, 1.807) is 48.5 Å². The quantitative estimate of drug-likeness (QED) is 0.446. The molecule has 0 fully saturated rings. The van der Waals surface area contributed by atoms with Crippen molar-refractivity contribution in [3.05, 3.63) is 63.6 Å². The van der Waals surface area contributed by atoms with Gasteiger partial charge in [-0.2, -0.15) is 5.26 Å². The molecule has 2 aromatic carbocycles. The van der Waals surface area contributed by atoms with E-state index in [1.807, 2.05) is 0 Å². The molecule has 0 saturated carbocycles. The molecule has 0 heterocycles. The van der Waals surface area contributed by atoms with Gasteiger partial charge in [0.1, 0.15) is 12.4 Å². The van der Waals surface area contributed by atoms with Gasteiger partial charge in [-0.1, -0.05) is 41.3 Å². The summed E-state index contributed by atoms with van der Waals surface area (Å²) in [4.78, 5) is 0. The first kappa shape index (κ1) is 16.0. The molecule has 0 aliphatic heterocycles. The van der Waals surface area contributed by atoms with E-state index >= 15 is 0 Å². The maximum atomic E-state index is 9.39. The number of terminal acetylenes is 1. The van der Waals surface area contributed by atoms with Gasteiger partial charge in [0.15, 0.2) is 0 Å². The molecule has 0 aliphatic carbocycles. The molecular weight excluding hydrogens is 317 g/mol. The minimum Gasteiger partial charge on any atom is -0.480 e. The van der Waals surface area contributed by atoms with Gasteiger partial charge in [0.2, 0.25) is 0 Å². The average molecular weight is 328 g/mol. The Kier molecular flexibility index (Phi) is 5.50. The minimum absolute atomic E-state index is 0.144. The molecule has 2 nitrogen and oxygen atoms in total.